The highest BCUT2D eigenvalue weighted by Crippen LogP contribution is 2.33. The Kier molecular flexibility index (Phi) is 3.62. The summed E-state index contributed by atoms with van der Waals surface area (Å²) in [4.78, 5) is 0. The van der Waals surface area contributed by atoms with Gasteiger partial charge in [0.25, 0.3) is 0 Å². The van der Waals surface area contributed by atoms with E-state index in [0.29, 0.717) is 16.5 Å². The number of halogens is 1. The van der Waals surface area contributed by atoms with Crippen LogP contribution >= 0.6 is 11.6 Å². The lowest BCUT2D eigenvalue weighted by Crippen LogP contribution is -2.12. The second kappa shape index (κ2) is 5.43. The minimum Gasteiger partial charge on any atom is -0.496 e. The van der Waals surface area contributed by atoms with Crippen LogP contribution in [0.5, 0.6) is 5.75 Å². The predicted octanol–water partition coefficient (Wildman–Crippen LogP) is 4.45. The average Bonchev–Trinajstić information content (AvgIpc) is 2.89. The number of fused-ring (bicyclic) bond motifs is 1. The molecule has 0 amide bonds. The highest BCUT2D eigenvalue weighted by Gasteiger charge is 2.18. The van der Waals surface area contributed by atoms with E-state index < -0.39 is 6.04 Å². The molecular formula is C17H16ClNO2. The summed E-state index contributed by atoms with van der Waals surface area (Å²) in [7, 11) is 1.61. The Labute approximate surface area is 128 Å². The first-order valence-electron chi connectivity index (χ1n) is 6.67. The van der Waals surface area contributed by atoms with Gasteiger partial charge < -0.3 is 14.9 Å². The van der Waals surface area contributed by atoms with Crippen LogP contribution in [0.4, 0.5) is 0 Å². The second-order valence-electron chi connectivity index (χ2n) is 5.05. The molecule has 21 heavy (non-hydrogen) atoms. The minimum absolute atomic E-state index is 0.425. The van der Waals surface area contributed by atoms with E-state index in [9.17, 15) is 0 Å². The molecule has 3 nitrogen and oxygen atoms in total. The molecule has 0 aliphatic heterocycles. The lowest BCUT2D eigenvalue weighted by Gasteiger charge is -2.14. The lowest BCUT2D eigenvalue weighted by molar-refractivity contribution is 0.404. The van der Waals surface area contributed by atoms with E-state index in [0.717, 1.165) is 22.1 Å². The highest BCUT2D eigenvalue weighted by atomic mass is 35.5. The van der Waals surface area contributed by atoms with E-state index in [1.165, 1.54) is 0 Å². The Balaban J connectivity index is 2.07. The summed E-state index contributed by atoms with van der Waals surface area (Å²) in [6.45, 7) is 2.03. The van der Waals surface area contributed by atoms with Crippen molar-refractivity contribution < 1.29 is 9.15 Å². The molecule has 2 N–H and O–H groups in total. The maximum Gasteiger partial charge on any atom is 0.134 e. The zero-order valence-corrected chi connectivity index (χ0v) is 12.6. The van der Waals surface area contributed by atoms with Gasteiger partial charge in [0.05, 0.1) is 13.2 Å². The molecule has 0 saturated heterocycles. The molecule has 0 aliphatic carbocycles. The van der Waals surface area contributed by atoms with E-state index in [1.54, 1.807) is 13.2 Å². The van der Waals surface area contributed by atoms with Gasteiger partial charge in [-0.05, 0) is 42.8 Å². The van der Waals surface area contributed by atoms with E-state index >= 15 is 0 Å². The fourth-order valence-electron chi connectivity index (χ4n) is 2.41. The van der Waals surface area contributed by atoms with Gasteiger partial charge in [-0.3, -0.25) is 0 Å². The molecule has 108 valence electrons. The van der Waals surface area contributed by atoms with Gasteiger partial charge >= 0.3 is 0 Å². The summed E-state index contributed by atoms with van der Waals surface area (Å²) in [6, 6.07) is 13.0. The smallest absolute Gasteiger partial charge is 0.134 e. The third-order valence-electron chi connectivity index (χ3n) is 3.53. The largest absolute Gasteiger partial charge is 0.496 e. The van der Waals surface area contributed by atoms with Crippen molar-refractivity contribution in [3.8, 4) is 5.75 Å². The van der Waals surface area contributed by atoms with Gasteiger partial charge in [0.15, 0.2) is 0 Å². The van der Waals surface area contributed by atoms with Gasteiger partial charge in [0.1, 0.15) is 17.1 Å². The van der Waals surface area contributed by atoms with Crippen molar-refractivity contribution in [2.24, 2.45) is 5.73 Å². The normalized spacial score (nSPS) is 12.6. The van der Waals surface area contributed by atoms with Crippen LogP contribution in [0.3, 0.4) is 0 Å². The molecule has 1 unspecified atom stereocenters. The molecule has 1 aromatic heterocycles. The molecule has 2 aromatic carbocycles. The van der Waals surface area contributed by atoms with Crippen molar-refractivity contribution in [3.63, 3.8) is 0 Å². The molecular weight excluding hydrogens is 286 g/mol. The van der Waals surface area contributed by atoms with Crippen LogP contribution < -0.4 is 10.5 Å². The predicted molar refractivity (Wildman–Crippen MR) is 85.0 cm³/mol. The fourth-order valence-corrected chi connectivity index (χ4v) is 2.59. The Morgan fingerprint density at radius 1 is 1.14 bits per heavy atom. The monoisotopic (exact) mass is 301 g/mol. The SMILES string of the molecule is COc1ccc(Cl)cc1C(N)c1cc2ccc(C)cc2o1. The summed E-state index contributed by atoms with van der Waals surface area (Å²) in [5.74, 6) is 1.39. The Hall–Kier alpha value is -1.97. The Morgan fingerprint density at radius 2 is 1.95 bits per heavy atom. The van der Waals surface area contributed by atoms with Crippen LogP contribution in [0.15, 0.2) is 46.9 Å². The van der Waals surface area contributed by atoms with E-state index in [1.807, 2.05) is 43.3 Å². The summed E-state index contributed by atoms with van der Waals surface area (Å²) < 4.78 is 11.2. The topological polar surface area (TPSA) is 48.4 Å². The molecule has 0 radical (unpaired) electrons. The number of furan rings is 1. The fraction of sp³-hybridized carbons (Fsp3) is 0.176. The van der Waals surface area contributed by atoms with Crippen LogP contribution in [0.1, 0.15) is 22.9 Å². The van der Waals surface area contributed by atoms with Crippen molar-refractivity contribution in [2.45, 2.75) is 13.0 Å². The first kappa shape index (κ1) is 14.0. The van der Waals surface area contributed by atoms with Gasteiger partial charge in [0, 0.05) is 16.0 Å². The number of benzene rings is 2. The first-order chi connectivity index (χ1) is 10.1. The van der Waals surface area contributed by atoms with Crippen molar-refractivity contribution >= 4 is 22.6 Å². The van der Waals surface area contributed by atoms with Crippen LogP contribution in [0.2, 0.25) is 5.02 Å². The van der Waals surface area contributed by atoms with Crippen molar-refractivity contribution in [1.29, 1.82) is 0 Å². The van der Waals surface area contributed by atoms with Gasteiger partial charge in [-0.25, -0.2) is 0 Å². The highest BCUT2D eigenvalue weighted by molar-refractivity contribution is 6.30. The molecule has 1 heterocycles. The van der Waals surface area contributed by atoms with Crippen molar-refractivity contribution in [2.75, 3.05) is 7.11 Å². The van der Waals surface area contributed by atoms with Gasteiger partial charge in [0.2, 0.25) is 0 Å². The van der Waals surface area contributed by atoms with Crippen LogP contribution in [0.25, 0.3) is 11.0 Å². The first-order valence-corrected chi connectivity index (χ1v) is 7.05. The number of rotatable bonds is 3. The van der Waals surface area contributed by atoms with Crippen LogP contribution in [0, 0.1) is 6.92 Å². The number of ether oxygens (including phenoxy) is 1. The van der Waals surface area contributed by atoms with E-state index in [-0.39, 0.29) is 0 Å². The quantitative estimate of drug-likeness (QED) is 0.777. The molecule has 3 rings (SSSR count). The molecule has 0 saturated carbocycles. The van der Waals surface area contributed by atoms with Gasteiger partial charge in [-0.1, -0.05) is 23.7 Å². The van der Waals surface area contributed by atoms with Gasteiger partial charge in [-0.2, -0.15) is 0 Å². The molecule has 1 atom stereocenters. The third-order valence-corrected chi connectivity index (χ3v) is 3.76. The number of nitrogens with two attached hydrogens (primary N) is 1. The molecule has 3 aromatic rings. The minimum atomic E-state index is -0.425. The summed E-state index contributed by atoms with van der Waals surface area (Å²) in [5, 5.41) is 1.65. The average molecular weight is 302 g/mol. The van der Waals surface area contributed by atoms with Crippen molar-refractivity contribution in [1.82, 2.24) is 0 Å². The Bertz CT molecular complexity index is 795. The number of hydrogen-bond acceptors (Lipinski definition) is 3. The van der Waals surface area contributed by atoms with E-state index in [2.05, 4.69) is 0 Å². The number of aryl methyl sites for hydroxylation is 1. The molecule has 4 heteroatoms. The molecule has 0 spiro atoms. The van der Waals surface area contributed by atoms with Crippen LogP contribution in [-0.4, -0.2) is 7.11 Å². The maximum absolute atomic E-state index is 6.33. The number of methoxy groups -OCH3 is 1. The summed E-state index contributed by atoms with van der Waals surface area (Å²) in [5.41, 5.74) is 9.12. The zero-order chi connectivity index (χ0) is 15.0. The third kappa shape index (κ3) is 2.62. The van der Waals surface area contributed by atoms with Crippen molar-refractivity contribution in [3.05, 3.63) is 64.4 Å². The summed E-state index contributed by atoms with van der Waals surface area (Å²) >= 11 is 6.06. The van der Waals surface area contributed by atoms with Crippen LogP contribution in [-0.2, 0) is 0 Å². The molecule has 0 fully saturated rings. The van der Waals surface area contributed by atoms with E-state index in [4.69, 9.17) is 26.5 Å². The second-order valence-corrected chi connectivity index (χ2v) is 5.49. The lowest BCUT2D eigenvalue weighted by atomic mass is 10.0. The maximum atomic E-state index is 6.33. The molecule has 0 bridgehead atoms. The van der Waals surface area contributed by atoms with Gasteiger partial charge in [-0.15, -0.1) is 0 Å². The number of hydrogen-bond donors (Lipinski definition) is 1. The molecule has 0 aliphatic rings. The summed E-state index contributed by atoms with van der Waals surface area (Å²) in [6.07, 6.45) is 0. The Morgan fingerprint density at radius 3 is 2.71 bits per heavy atom. The zero-order valence-electron chi connectivity index (χ0n) is 11.9. The standard InChI is InChI=1S/C17H16ClNO2/c1-10-3-4-11-8-16(21-15(11)7-10)17(19)13-9-12(18)5-6-14(13)20-2/h3-9,17H,19H2,1-2H3.